The summed E-state index contributed by atoms with van der Waals surface area (Å²) in [6.45, 7) is 1.40. The Morgan fingerprint density at radius 3 is 3.21 bits per heavy atom. The maximum atomic E-state index is 11.8. The Kier molecular flexibility index (Phi) is 2.98. The van der Waals surface area contributed by atoms with Gasteiger partial charge in [-0.25, -0.2) is 0 Å². The summed E-state index contributed by atoms with van der Waals surface area (Å²) in [6, 6.07) is 0. The van der Waals surface area contributed by atoms with Gasteiger partial charge in [0.15, 0.2) is 5.69 Å². The maximum Gasteiger partial charge on any atom is 0.275 e. The minimum atomic E-state index is -0.0518. The van der Waals surface area contributed by atoms with Crippen LogP contribution in [0.4, 0.5) is 0 Å². The van der Waals surface area contributed by atoms with Crippen molar-refractivity contribution in [3.05, 3.63) is 11.1 Å². The second-order valence-corrected chi connectivity index (χ2v) is 4.51. The van der Waals surface area contributed by atoms with E-state index < -0.39 is 0 Å². The van der Waals surface area contributed by atoms with E-state index in [0.717, 1.165) is 19.4 Å². The molecule has 6 heteroatoms. The fourth-order valence-electron chi connectivity index (χ4n) is 1.53. The lowest BCUT2D eigenvalue weighted by Gasteiger charge is -2.28. The number of amides is 1. The fraction of sp³-hybridized carbons (Fsp3) is 0.625. The van der Waals surface area contributed by atoms with Crippen LogP contribution in [0.5, 0.6) is 0 Å². The number of alkyl halides is 1. The van der Waals surface area contributed by atoms with Crippen molar-refractivity contribution in [3.63, 3.8) is 0 Å². The molecule has 0 radical (unpaired) electrons. The smallest absolute Gasteiger partial charge is 0.275 e. The number of hydrogen-bond acceptors (Lipinski definition) is 4. The molecule has 0 bridgehead atoms. The first kappa shape index (κ1) is 9.86. The lowest BCUT2D eigenvalue weighted by molar-refractivity contribution is 0.0721. The van der Waals surface area contributed by atoms with Gasteiger partial charge < -0.3 is 4.90 Å². The van der Waals surface area contributed by atoms with Crippen molar-refractivity contribution in [1.29, 1.82) is 0 Å². The van der Waals surface area contributed by atoms with Gasteiger partial charge in [0.2, 0.25) is 0 Å². The SMILES string of the molecule is O=C(c1csnn1)N1CCCC(Cl)C1. The molecule has 1 amide bonds. The minimum Gasteiger partial charge on any atom is -0.336 e. The van der Waals surface area contributed by atoms with Gasteiger partial charge >= 0.3 is 0 Å². The van der Waals surface area contributed by atoms with Crippen LogP contribution in [0.2, 0.25) is 0 Å². The number of rotatable bonds is 1. The molecule has 2 rings (SSSR count). The molecule has 0 aromatic carbocycles. The van der Waals surface area contributed by atoms with E-state index in [0.29, 0.717) is 12.2 Å². The Morgan fingerprint density at radius 1 is 1.71 bits per heavy atom. The van der Waals surface area contributed by atoms with E-state index in [4.69, 9.17) is 11.6 Å². The highest BCUT2D eigenvalue weighted by molar-refractivity contribution is 7.03. The first-order valence-corrected chi connectivity index (χ1v) is 5.75. The van der Waals surface area contributed by atoms with E-state index in [1.54, 1.807) is 10.3 Å². The Hall–Kier alpha value is -0.680. The molecule has 1 aliphatic rings. The Morgan fingerprint density at radius 2 is 2.57 bits per heavy atom. The molecule has 1 atom stereocenters. The minimum absolute atomic E-state index is 0.0518. The predicted molar refractivity (Wildman–Crippen MR) is 54.7 cm³/mol. The molecule has 1 saturated heterocycles. The lowest BCUT2D eigenvalue weighted by atomic mass is 10.1. The number of nitrogens with zero attached hydrogens (tertiary/aromatic N) is 3. The second kappa shape index (κ2) is 4.23. The van der Waals surface area contributed by atoms with E-state index in [9.17, 15) is 4.79 Å². The van der Waals surface area contributed by atoms with Crippen molar-refractivity contribution >= 4 is 29.0 Å². The van der Waals surface area contributed by atoms with Crippen LogP contribution in [0.1, 0.15) is 23.3 Å². The number of hydrogen-bond donors (Lipinski definition) is 0. The zero-order chi connectivity index (χ0) is 9.97. The van der Waals surface area contributed by atoms with Gasteiger partial charge in [0, 0.05) is 18.5 Å². The summed E-state index contributed by atoms with van der Waals surface area (Å²) < 4.78 is 3.67. The molecule has 76 valence electrons. The first-order valence-electron chi connectivity index (χ1n) is 4.48. The average Bonchev–Trinajstić information content (AvgIpc) is 2.69. The van der Waals surface area contributed by atoms with Crippen molar-refractivity contribution in [1.82, 2.24) is 14.5 Å². The second-order valence-electron chi connectivity index (χ2n) is 3.28. The van der Waals surface area contributed by atoms with Gasteiger partial charge in [-0.15, -0.1) is 16.7 Å². The lowest BCUT2D eigenvalue weighted by Crippen LogP contribution is -2.40. The molecule has 4 nitrogen and oxygen atoms in total. The zero-order valence-electron chi connectivity index (χ0n) is 7.52. The summed E-state index contributed by atoms with van der Waals surface area (Å²) >= 11 is 7.18. The molecule has 0 N–H and O–H groups in total. The van der Waals surface area contributed by atoms with E-state index in [-0.39, 0.29) is 11.3 Å². The number of piperidine rings is 1. The third kappa shape index (κ3) is 2.04. The number of likely N-dealkylation sites (tertiary alicyclic amines) is 1. The molecule has 1 fully saturated rings. The zero-order valence-corrected chi connectivity index (χ0v) is 9.09. The van der Waals surface area contributed by atoms with E-state index in [1.807, 2.05) is 0 Å². The fourth-order valence-corrected chi connectivity index (χ4v) is 2.28. The molecule has 0 spiro atoms. The third-order valence-electron chi connectivity index (χ3n) is 2.23. The van der Waals surface area contributed by atoms with Crippen molar-refractivity contribution in [3.8, 4) is 0 Å². The topological polar surface area (TPSA) is 46.1 Å². The van der Waals surface area contributed by atoms with Crippen LogP contribution in [-0.4, -0.2) is 38.9 Å². The molecule has 1 aliphatic heterocycles. The van der Waals surface area contributed by atoms with Gasteiger partial charge in [0.05, 0.1) is 5.38 Å². The average molecular weight is 232 g/mol. The van der Waals surface area contributed by atoms with Crippen molar-refractivity contribution < 1.29 is 4.79 Å². The molecule has 1 aromatic rings. The molecule has 0 saturated carbocycles. The number of carbonyl (C=O) groups excluding carboxylic acids is 1. The monoisotopic (exact) mass is 231 g/mol. The normalized spacial score (nSPS) is 22.4. The van der Waals surface area contributed by atoms with Gasteiger partial charge in [-0.2, -0.15) is 0 Å². The summed E-state index contributed by atoms with van der Waals surface area (Å²) in [7, 11) is 0. The number of halogens is 1. The summed E-state index contributed by atoms with van der Waals surface area (Å²) in [5, 5.41) is 5.50. The Balaban J connectivity index is 2.04. The quantitative estimate of drug-likeness (QED) is 0.686. The summed E-state index contributed by atoms with van der Waals surface area (Å²) in [5.74, 6) is -0.0518. The van der Waals surface area contributed by atoms with Gasteiger partial charge in [-0.3, -0.25) is 4.79 Å². The predicted octanol–water partition coefficient (Wildman–Crippen LogP) is 1.38. The molecular weight excluding hydrogens is 222 g/mol. The highest BCUT2D eigenvalue weighted by Crippen LogP contribution is 2.16. The van der Waals surface area contributed by atoms with E-state index in [1.165, 1.54) is 11.5 Å². The van der Waals surface area contributed by atoms with E-state index in [2.05, 4.69) is 9.59 Å². The first-order chi connectivity index (χ1) is 6.77. The van der Waals surface area contributed by atoms with Gasteiger partial charge in [0.25, 0.3) is 5.91 Å². The summed E-state index contributed by atoms with van der Waals surface area (Å²) in [5.41, 5.74) is 0.431. The highest BCUT2D eigenvalue weighted by atomic mass is 35.5. The number of aromatic nitrogens is 2. The van der Waals surface area contributed by atoms with Crippen LogP contribution in [0.25, 0.3) is 0 Å². The molecule has 2 heterocycles. The Labute approximate surface area is 91.0 Å². The third-order valence-corrected chi connectivity index (χ3v) is 3.09. The van der Waals surface area contributed by atoms with Gasteiger partial charge in [0.1, 0.15) is 0 Å². The summed E-state index contributed by atoms with van der Waals surface area (Å²) in [4.78, 5) is 13.5. The molecule has 1 aromatic heterocycles. The maximum absolute atomic E-state index is 11.8. The largest absolute Gasteiger partial charge is 0.336 e. The van der Waals surface area contributed by atoms with Crippen LogP contribution in [0.15, 0.2) is 5.38 Å². The molecule has 1 unspecified atom stereocenters. The summed E-state index contributed by atoms with van der Waals surface area (Å²) in [6.07, 6.45) is 1.96. The van der Waals surface area contributed by atoms with Crippen molar-refractivity contribution in [2.75, 3.05) is 13.1 Å². The van der Waals surface area contributed by atoms with Crippen molar-refractivity contribution in [2.45, 2.75) is 18.2 Å². The Bertz CT molecular complexity index is 316. The van der Waals surface area contributed by atoms with Crippen molar-refractivity contribution in [2.24, 2.45) is 0 Å². The van der Waals surface area contributed by atoms with Crippen LogP contribution >= 0.6 is 23.1 Å². The van der Waals surface area contributed by atoms with Crippen LogP contribution in [0, 0.1) is 0 Å². The number of carbonyl (C=O) groups is 1. The van der Waals surface area contributed by atoms with E-state index >= 15 is 0 Å². The molecule has 14 heavy (non-hydrogen) atoms. The van der Waals surface area contributed by atoms with Crippen LogP contribution in [-0.2, 0) is 0 Å². The van der Waals surface area contributed by atoms with Crippen LogP contribution < -0.4 is 0 Å². The van der Waals surface area contributed by atoms with Gasteiger partial charge in [-0.05, 0) is 24.4 Å². The highest BCUT2D eigenvalue weighted by Gasteiger charge is 2.24. The van der Waals surface area contributed by atoms with Gasteiger partial charge in [-0.1, -0.05) is 4.49 Å². The van der Waals surface area contributed by atoms with Crippen LogP contribution in [0.3, 0.4) is 0 Å². The molecule has 0 aliphatic carbocycles. The standard InChI is InChI=1S/C8H10ClN3OS/c9-6-2-1-3-12(4-6)8(13)7-5-14-11-10-7/h5-6H,1-4H2. The molecular formula is C8H10ClN3OS.